The van der Waals surface area contributed by atoms with Gasteiger partial charge in [-0.2, -0.15) is 13.2 Å². The summed E-state index contributed by atoms with van der Waals surface area (Å²) in [7, 11) is 0. The molecule has 190 valence electrons. The molecule has 1 aromatic heterocycles. The molecule has 0 atom stereocenters. The molecule has 1 amide bonds. The molecule has 0 bridgehead atoms. The maximum Gasteiger partial charge on any atom is 0.416 e. The van der Waals surface area contributed by atoms with Gasteiger partial charge in [0.2, 0.25) is 0 Å². The lowest BCUT2D eigenvalue weighted by atomic mass is 10.1. The molecule has 0 saturated heterocycles. The topological polar surface area (TPSA) is 79.7 Å². The van der Waals surface area contributed by atoms with Crippen LogP contribution in [-0.4, -0.2) is 27.8 Å². The van der Waals surface area contributed by atoms with E-state index in [0.29, 0.717) is 27.5 Å². The molecular formula is C26H25F3N2O4S. The number of hydrogen-bond donors (Lipinski definition) is 1. The van der Waals surface area contributed by atoms with Crippen LogP contribution < -0.4 is 4.90 Å². The minimum atomic E-state index is -4.42. The quantitative estimate of drug-likeness (QED) is 0.350. The number of alkyl halides is 3. The second-order valence-electron chi connectivity index (χ2n) is 8.93. The van der Waals surface area contributed by atoms with Crippen molar-refractivity contribution < 1.29 is 32.6 Å². The van der Waals surface area contributed by atoms with E-state index in [9.17, 15) is 22.8 Å². The summed E-state index contributed by atoms with van der Waals surface area (Å²) in [6.07, 6.45) is -2.55. The Morgan fingerprint density at radius 2 is 1.67 bits per heavy atom. The van der Waals surface area contributed by atoms with E-state index in [-0.39, 0.29) is 6.54 Å². The van der Waals surface area contributed by atoms with Crippen LogP contribution in [0.15, 0.2) is 54.6 Å². The Balaban J connectivity index is 1.91. The number of carbonyl (C=O) groups excluding carboxylic acids is 1. The summed E-state index contributed by atoms with van der Waals surface area (Å²) in [6, 6.07) is 11.5. The van der Waals surface area contributed by atoms with Gasteiger partial charge in [0.1, 0.15) is 10.6 Å². The summed E-state index contributed by atoms with van der Waals surface area (Å²) >= 11 is 1.28. The third-order valence-electron chi connectivity index (χ3n) is 4.89. The van der Waals surface area contributed by atoms with E-state index in [1.54, 1.807) is 52.0 Å². The minimum absolute atomic E-state index is 0.128. The summed E-state index contributed by atoms with van der Waals surface area (Å²) < 4.78 is 44.3. The lowest BCUT2D eigenvalue weighted by Gasteiger charge is -2.27. The van der Waals surface area contributed by atoms with Gasteiger partial charge in [-0.25, -0.2) is 14.6 Å². The first-order valence-electron chi connectivity index (χ1n) is 10.9. The lowest BCUT2D eigenvalue weighted by Crippen LogP contribution is -2.36. The molecule has 6 nitrogen and oxygen atoms in total. The van der Waals surface area contributed by atoms with Crippen LogP contribution in [0.1, 0.15) is 42.5 Å². The van der Waals surface area contributed by atoms with Gasteiger partial charge in [-0.15, -0.1) is 11.3 Å². The van der Waals surface area contributed by atoms with Gasteiger partial charge >= 0.3 is 18.2 Å². The van der Waals surface area contributed by atoms with E-state index in [1.165, 1.54) is 34.4 Å². The van der Waals surface area contributed by atoms with Crippen molar-refractivity contribution in [1.29, 1.82) is 0 Å². The normalized spacial score (nSPS) is 12.1. The Bertz CT molecular complexity index is 1260. The number of carboxylic acid groups (broad SMARTS) is 1. The van der Waals surface area contributed by atoms with Crippen molar-refractivity contribution in [2.24, 2.45) is 0 Å². The van der Waals surface area contributed by atoms with E-state index in [2.05, 4.69) is 4.98 Å². The number of aliphatic carboxylic acids is 1. The number of benzene rings is 2. The van der Waals surface area contributed by atoms with Crippen LogP contribution in [0, 0.1) is 6.92 Å². The largest absolute Gasteiger partial charge is 0.478 e. The van der Waals surface area contributed by atoms with Crippen molar-refractivity contribution in [3.8, 4) is 10.6 Å². The number of anilines is 1. The van der Waals surface area contributed by atoms with Gasteiger partial charge in [0.25, 0.3) is 0 Å². The molecule has 3 aromatic rings. The number of carbonyl (C=O) groups is 2. The molecule has 0 aliphatic heterocycles. The second-order valence-corrected chi connectivity index (χ2v) is 10.0. The van der Waals surface area contributed by atoms with Crippen molar-refractivity contribution in [2.75, 3.05) is 4.90 Å². The number of aryl methyl sites for hydroxylation is 1. The molecule has 0 unspecified atom stereocenters. The van der Waals surface area contributed by atoms with Crippen molar-refractivity contribution in [2.45, 2.75) is 46.0 Å². The van der Waals surface area contributed by atoms with Crippen molar-refractivity contribution in [3.63, 3.8) is 0 Å². The van der Waals surface area contributed by atoms with Gasteiger partial charge in [-0.3, -0.25) is 4.90 Å². The fraction of sp³-hybridized carbons (Fsp3) is 0.269. The van der Waals surface area contributed by atoms with Gasteiger partial charge in [0, 0.05) is 22.2 Å². The molecule has 0 aliphatic rings. The van der Waals surface area contributed by atoms with E-state index in [0.717, 1.165) is 23.1 Å². The summed E-state index contributed by atoms with van der Waals surface area (Å²) in [4.78, 5) is 30.5. The van der Waals surface area contributed by atoms with Crippen LogP contribution in [0.5, 0.6) is 0 Å². The van der Waals surface area contributed by atoms with Crippen LogP contribution in [0.25, 0.3) is 16.6 Å². The SMILES string of the molecule is Cc1nc(-c2ccc(C(F)(F)F)cc2)sc1CN(C(=O)OC(C)(C)C)c1ccc(/C=C/C(=O)O)cc1. The van der Waals surface area contributed by atoms with Gasteiger partial charge < -0.3 is 9.84 Å². The minimum Gasteiger partial charge on any atom is -0.478 e. The van der Waals surface area contributed by atoms with Gasteiger partial charge in [-0.1, -0.05) is 24.3 Å². The van der Waals surface area contributed by atoms with Crippen LogP contribution in [0.4, 0.5) is 23.7 Å². The Kier molecular flexibility index (Phi) is 7.88. The summed E-state index contributed by atoms with van der Waals surface area (Å²) in [5, 5.41) is 9.35. The Labute approximate surface area is 210 Å². The molecule has 1 N–H and O–H groups in total. The number of ether oxygens (including phenoxy) is 1. The average molecular weight is 519 g/mol. The highest BCUT2D eigenvalue weighted by Crippen LogP contribution is 2.34. The third-order valence-corrected chi connectivity index (χ3v) is 6.08. The molecule has 10 heteroatoms. The summed E-state index contributed by atoms with van der Waals surface area (Å²) in [5.74, 6) is -1.07. The lowest BCUT2D eigenvalue weighted by molar-refractivity contribution is -0.137. The first-order valence-corrected chi connectivity index (χ1v) is 11.7. The molecule has 3 rings (SSSR count). The molecule has 0 aliphatic carbocycles. The molecular weight excluding hydrogens is 493 g/mol. The predicted octanol–water partition coefficient (Wildman–Crippen LogP) is 7.18. The van der Waals surface area contributed by atoms with Crippen LogP contribution >= 0.6 is 11.3 Å². The van der Waals surface area contributed by atoms with Crippen LogP contribution in [0.2, 0.25) is 0 Å². The van der Waals surface area contributed by atoms with Gasteiger partial charge in [0.05, 0.1) is 17.8 Å². The zero-order valence-electron chi connectivity index (χ0n) is 20.1. The number of halogens is 3. The highest BCUT2D eigenvalue weighted by atomic mass is 32.1. The van der Waals surface area contributed by atoms with E-state index in [1.807, 2.05) is 0 Å². The van der Waals surface area contributed by atoms with Crippen molar-refractivity contribution >= 4 is 35.2 Å². The van der Waals surface area contributed by atoms with Crippen molar-refractivity contribution in [3.05, 3.63) is 76.3 Å². The monoisotopic (exact) mass is 518 g/mol. The van der Waals surface area contributed by atoms with Crippen molar-refractivity contribution in [1.82, 2.24) is 4.98 Å². The molecule has 0 spiro atoms. The van der Waals surface area contributed by atoms with Gasteiger partial charge in [-0.05, 0) is 63.6 Å². The first kappa shape index (κ1) is 26.9. The third kappa shape index (κ3) is 7.17. The maximum absolute atomic E-state index is 13.1. The van der Waals surface area contributed by atoms with Gasteiger partial charge in [0.15, 0.2) is 0 Å². The molecule has 0 fully saturated rings. The molecule has 0 radical (unpaired) electrons. The number of thiazole rings is 1. The maximum atomic E-state index is 13.1. The van der Waals surface area contributed by atoms with E-state index < -0.39 is 29.4 Å². The average Bonchev–Trinajstić information content (AvgIpc) is 3.15. The highest BCUT2D eigenvalue weighted by Gasteiger charge is 2.30. The Morgan fingerprint density at radius 1 is 1.06 bits per heavy atom. The smallest absolute Gasteiger partial charge is 0.416 e. The van der Waals surface area contributed by atoms with Crippen LogP contribution in [0.3, 0.4) is 0 Å². The van der Waals surface area contributed by atoms with Crippen LogP contribution in [-0.2, 0) is 22.3 Å². The zero-order valence-corrected chi connectivity index (χ0v) is 20.9. The second kappa shape index (κ2) is 10.5. The predicted molar refractivity (Wildman–Crippen MR) is 133 cm³/mol. The van der Waals surface area contributed by atoms with E-state index in [4.69, 9.17) is 9.84 Å². The highest BCUT2D eigenvalue weighted by molar-refractivity contribution is 7.15. The number of carboxylic acids is 1. The molecule has 36 heavy (non-hydrogen) atoms. The molecule has 2 aromatic carbocycles. The number of amides is 1. The first-order chi connectivity index (χ1) is 16.7. The number of hydrogen-bond acceptors (Lipinski definition) is 5. The zero-order chi connectivity index (χ0) is 26.7. The fourth-order valence-electron chi connectivity index (χ4n) is 3.15. The molecule has 1 heterocycles. The number of nitrogens with zero attached hydrogens (tertiary/aromatic N) is 2. The Hall–Kier alpha value is -3.66. The number of rotatable bonds is 6. The molecule has 0 saturated carbocycles. The summed E-state index contributed by atoms with van der Waals surface area (Å²) in [5.41, 5.74) is 0.875. The summed E-state index contributed by atoms with van der Waals surface area (Å²) in [6.45, 7) is 7.16. The van der Waals surface area contributed by atoms with E-state index >= 15 is 0 Å². The Morgan fingerprint density at radius 3 is 2.19 bits per heavy atom. The standard InChI is InChI=1S/C26H25F3N2O4S/c1-16-21(36-23(30-16)18-8-10-19(11-9-18)26(27,28)29)15-31(24(34)35-25(2,3)4)20-12-5-17(6-13-20)7-14-22(32)33/h5-14H,15H2,1-4H3,(H,32,33)/b14-7+. The fourth-order valence-corrected chi connectivity index (χ4v) is 4.21. The number of aromatic nitrogens is 1.